The molecule has 0 saturated carbocycles. The number of benzene rings is 1. The fourth-order valence-corrected chi connectivity index (χ4v) is 3.04. The van der Waals surface area contributed by atoms with Gasteiger partial charge in [-0.25, -0.2) is 4.79 Å². The highest BCUT2D eigenvalue weighted by Gasteiger charge is 2.22. The topological polar surface area (TPSA) is 122 Å². The molecule has 0 fully saturated rings. The van der Waals surface area contributed by atoms with Gasteiger partial charge in [-0.3, -0.25) is 9.47 Å². The number of rotatable bonds is 8. The van der Waals surface area contributed by atoms with Crippen LogP contribution in [0.25, 0.3) is 11.0 Å². The standard InChI is InChI=1S/C17H22N2O6/c18-7-21-9-23-11-5-14(24-10-22-8-19)16-12-3-1-2-4-13(12)17(20)25-15(16)6-11/h5-6H,1-4,7-10,18-19H2/p+2. The van der Waals surface area contributed by atoms with Gasteiger partial charge < -0.3 is 25.4 Å². The minimum Gasteiger partial charge on any atom is -0.467 e. The molecule has 0 saturated heterocycles. The summed E-state index contributed by atoms with van der Waals surface area (Å²) < 4.78 is 27.1. The van der Waals surface area contributed by atoms with Crippen molar-refractivity contribution in [1.29, 1.82) is 0 Å². The fourth-order valence-electron chi connectivity index (χ4n) is 3.04. The maximum atomic E-state index is 12.3. The number of hydrogen-bond acceptors (Lipinski definition) is 6. The van der Waals surface area contributed by atoms with Crippen molar-refractivity contribution >= 4 is 11.0 Å². The zero-order valence-corrected chi connectivity index (χ0v) is 14.2. The molecule has 3 rings (SSSR count). The van der Waals surface area contributed by atoms with E-state index in [1.165, 1.54) is 0 Å². The summed E-state index contributed by atoms with van der Waals surface area (Å²) in [6.45, 7) is 0.722. The number of quaternary nitrogens is 2. The van der Waals surface area contributed by atoms with Crippen molar-refractivity contribution < 1.29 is 34.8 Å². The van der Waals surface area contributed by atoms with Crippen molar-refractivity contribution in [3.63, 3.8) is 0 Å². The summed E-state index contributed by atoms with van der Waals surface area (Å²) in [6, 6.07) is 3.45. The van der Waals surface area contributed by atoms with E-state index < -0.39 is 0 Å². The van der Waals surface area contributed by atoms with Gasteiger partial charge >= 0.3 is 5.63 Å². The minimum absolute atomic E-state index is 0.0546. The highest BCUT2D eigenvalue weighted by Crippen LogP contribution is 2.36. The van der Waals surface area contributed by atoms with E-state index in [9.17, 15) is 4.79 Å². The van der Waals surface area contributed by atoms with Crippen LogP contribution in [-0.2, 0) is 22.3 Å². The van der Waals surface area contributed by atoms with E-state index in [0.29, 0.717) is 30.5 Å². The average molecular weight is 352 g/mol. The van der Waals surface area contributed by atoms with Crippen molar-refractivity contribution in [2.75, 3.05) is 27.0 Å². The van der Waals surface area contributed by atoms with Gasteiger partial charge in [0.1, 0.15) is 17.1 Å². The second kappa shape index (κ2) is 8.30. The summed E-state index contributed by atoms with van der Waals surface area (Å²) in [5, 5.41) is 0.812. The van der Waals surface area contributed by atoms with E-state index in [4.69, 9.17) is 23.4 Å². The molecule has 8 nitrogen and oxygen atoms in total. The normalized spacial score (nSPS) is 13.7. The molecule has 1 heterocycles. The van der Waals surface area contributed by atoms with Crippen LogP contribution in [0.4, 0.5) is 0 Å². The molecular formula is C17H24N2O6+2. The second-order valence-corrected chi connectivity index (χ2v) is 5.69. The first-order chi connectivity index (χ1) is 12.2. The monoisotopic (exact) mass is 352 g/mol. The van der Waals surface area contributed by atoms with E-state index in [2.05, 4.69) is 11.5 Å². The lowest BCUT2D eigenvalue weighted by atomic mass is 9.90. The molecule has 0 radical (unpaired) electrons. The Morgan fingerprint density at radius 3 is 2.36 bits per heavy atom. The molecule has 0 aliphatic heterocycles. The molecule has 1 aliphatic rings. The Morgan fingerprint density at radius 1 is 0.960 bits per heavy atom. The molecule has 1 aromatic carbocycles. The number of aryl methyl sites for hydroxylation is 1. The number of fused-ring (bicyclic) bond motifs is 3. The quantitative estimate of drug-likeness (QED) is 0.385. The molecule has 0 spiro atoms. The number of hydrogen-bond donors (Lipinski definition) is 2. The molecular weight excluding hydrogens is 328 g/mol. The summed E-state index contributed by atoms with van der Waals surface area (Å²) in [5.41, 5.74) is 9.12. The Kier molecular flexibility index (Phi) is 5.87. The van der Waals surface area contributed by atoms with E-state index in [0.717, 1.165) is 42.2 Å². The summed E-state index contributed by atoms with van der Waals surface area (Å²) in [4.78, 5) is 12.3. The van der Waals surface area contributed by atoms with Crippen LogP contribution in [0.3, 0.4) is 0 Å². The predicted octanol–water partition coefficient (Wildman–Crippen LogP) is -0.224. The van der Waals surface area contributed by atoms with Gasteiger partial charge in [0.25, 0.3) is 0 Å². The highest BCUT2D eigenvalue weighted by atomic mass is 16.7. The van der Waals surface area contributed by atoms with Crippen molar-refractivity contribution in [2.24, 2.45) is 0 Å². The Hall–Kier alpha value is -2.13. The third-order valence-corrected chi connectivity index (χ3v) is 4.15. The van der Waals surface area contributed by atoms with Crippen LogP contribution in [0, 0.1) is 0 Å². The van der Waals surface area contributed by atoms with E-state index in [-0.39, 0.29) is 19.2 Å². The van der Waals surface area contributed by atoms with Crippen molar-refractivity contribution in [3.05, 3.63) is 33.7 Å². The zero-order valence-electron chi connectivity index (χ0n) is 14.2. The highest BCUT2D eigenvalue weighted by molar-refractivity contribution is 5.89. The Bertz CT molecular complexity index is 789. The van der Waals surface area contributed by atoms with Gasteiger partial charge in [-0.15, -0.1) is 0 Å². The lowest BCUT2D eigenvalue weighted by Gasteiger charge is -2.19. The summed E-state index contributed by atoms with van der Waals surface area (Å²) in [6.07, 6.45) is 3.59. The Labute approximate surface area is 144 Å². The van der Waals surface area contributed by atoms with Gasteiger partial charge in [0.15, 0.2) is 27.0 Å². The molecule has 0 bridgehead atoms. The van der Waals surface area contributed by atoms with Crippen LogP contribution < -0.4 is 26.6 Å². The van der Waals surface area contributed by atoms with Crippen LogP contribution in [-0.4, -0.2) is 27.0 Å². The van der Waals surface area contributed by atoms with Crippen molar-refractivity contribution in [3.8, 4) is 11.5 Å². The Morgan fingerprint density at radius 2 is 1.64 bits per heavy atom. The molecule has 1 aliphatic carbocycles. The SMILES string of the molecule is [NH3+]COCOc1cc(OCOC[NH3+])c2c3c(c(=O)oc2c1)CCCC3. The van der Waals surface area contributed by atoms with Gasteiger partial charge in [-0.1, -0.05) is 0 Å². The van der Waals surface area contributed by atoms with E-state index in [1.807, 2.05) is 0 Å². The lowest BCUT2D eigenvalue weighted by molar-refractivity contribution is -0.436. The molecule has 25 heavy (non-hydrogen) atoms. The van der Waals surface area contributed by atoms with Crippen molar-refractivity contribution in [2.45, 2.75) is 25.7 Å². The maximum Gasteiger partial charge on any atom is 0.339 e. The molecule has 0 amide bonds. The smallest absolute Gasteiger partial charge is 0.339 e. The molecule has 8 heteroatoms. The third kappa shape index (κ3) is 3.93. The zero-order chi connectivity index (χ0) is 17.6. The molecule has 136 valence electrons. The summed E-state index contributed by atoms with van der Waals surface area (Å²) in [5.74, 6) is 1.06. The minimum atomic E-state index is -0.284. The molecule has 0 atom stereocenters. The second-order valence-electron chi connectivity index (χ2n) is 5.69. The maximum absolute atomic E-state index is 12.3. The van der Waals surface area contributed by atoms with Gasteiger partial charge in [0.05, 0.1) is 5.39 Å². The van der Waals surface area contributed by atoms with Gasteiger partial charge in [-0.2, -0.15) is 0 Å². The predicted molar refractivity (Wildman–Crippen MR) is 87.8 cm³/mol. The van der Waals surface area contributed by atoms with E-state index in [1.54, 1.807) is 12.1 Å². The van der Waals surface area contributed by atoms with Crippen LogP contribution in [0.5, 0.6) is 11.5 Å². The lowest BCUT2D eigenvalue weighted by Crippen LogP contribution is -2.51. The molecule has 2 aromatic rings. The first kappa shape index (κ1) is 17.7. The average Bonchev–Trinajstić information content (AvgIpc) is 2.62. The largest absolute Gasteiger partial charge is 0.467 e. The van der Waals surface area contributed by atoms with Crippen LogP contribution in [0.15, 0.2) is 21.3 Å². The van der Waals surface area contributed by atoms with Crippen LogP contribution >= 0.6 is 0 Å². The first-order valence-corrected chi connectivity index (χ1v) is 8.36. The summed E-state index contributed by atoms with van der Waals surface area (Å²) in [7, 11) is 0. The number of ether oxygens (including phenoxy) is 4. The molecule has 1 aromatic heterocycles. The van der Waals surface area contributed by atoms with Gasteiger partial charge in [0, 0.05) is 17.7 Å². The van der Waals surface area contributed by atoms with Crippen molar-refractivity contribution in [1.82, 2.24) is 0 Å². The Balaban J connectivity index is 2.06. The third-order valence-electron chi connectivity index (χ3n) is 4.15. The van der Waals surface area contributed by atoms with Gasteiger partial charge in [0.2, 0.25) is 0 Å². The van der Waals surface area contributed by atoms with Gasteiger partial charge in [-0.05, 0) is 31.2 Å². The molecule has 6 N–H and O–H groups in total. The fraction of sp³-hybridized carbons (Fsp3) is 0.471. The first-order valence-electron chi connectivity index (χ1n) is 8.36. The van der Waals surface area contributed by atoms with Crippen LogP contribution in [0.2, 0.25) is 0 Å². The summed E-state index contributed by atoms with van der Waals surface area (Å²) >= 11 is 0. The van der Waals surface area contributed by atoms with E-state index >= 15 is 0 Å². The molecule has 0 unspecified atom stereocenters. The van der Waals surface area contributed by atoms with Crippen LogP contribution in [0.1, 0.15) is 24.0 Å².